The van der Waals surface area contributed by atoms with E-state index in [2.05, 4.69) is 79.9 Å². The number of benzene rings is 2. The van der Waals surface area contributed by atoms with Gasteiger partial charge in [-0.15, -0.1) is 5.10 Å². The molecule has 9 nitrogen and oxygen atoms in total. The summed E-state index contributed by atoms with van der Waals surface area (Å²) in [7, 11) is 0. The third kappa shape index (κ3) is 10.4. The van der Waals surface area contributed by atoms with Crippen LogP contribution < -0.4 is 15.4 Å². The average molecular weight is 698 g/mol. The number of piperazine rings is 1. The third-order valence-electron chi connectivity index (χ3n) is 8.50. The number of nitrogens with two attached hydrogens (primary N) is 1. The number of carbonyl (C=O) groups excluding carboxylic acids is 1. The SMILES string of the molecule is C1=CCC=C1.Nc1ccc2c(N3CCN(Cc4cn(CCCCOc5ccc(C(=O)/C=C/C6=CCC=C6)cc5)nn4)CC3)ccnc2c1.[Fe+2]. The molecule has 1 saturated heterocycles. The monoisotopic (exact) mass is 697 g/mol. The van der Waals surface area contributed by atoms with E-state index in [1.54, 1.807) is 6.08 Å². The van der Waals surface area contributed by atoms with Gasteiger partial charge in [-0.2, -0.15) is 0 Å². The van der Waals surface area contributed by atoms with Gasteiger partial charge in [0.15, 0.2) is 5.78 Å². The largest absolute Gasteiger partial charge is 2.00 e. The van der Waals surface area contributed by atoms with Crippen LogP contribution in [0.15, 0.2) is 121 Å². The number of nitrogen functional groups attached to an aromatic ring is 1. The molecule has 1 fully saturated rings. The van der Waals surface area contributed by atoms with Gasteiger partial charge in [0.05, 0.1) is 17.8 Å². The molecule has 0 spiro atoms. The van der Waals surface area contributed by atoms with E-state index in [0.717, 1.165) is 98.6 Å². The van der Waals surface area contributed by atoms with Crippen LogP contribution in [-0.4, -0.2) is 63.4 Å². The predicted molar refractivity (Wildman–Crippen MR) is 193 cm³/mol. The van der Waals surface area contributed by atoms with E-state index < -0.39 is 0 Å². The first kappa shape index (κ1) is 35.5. The third-order valence-corrected chi connectivity index (χ3v) is 8.50. The molecular formula is C39H43FeN7O2+2. The second-order valence-electron chi connectivity index (χ2n) is 12.1. The van der Waals surface area contributed by atoms with Crippen molar-refractivity contribution in [3.05, 3.63) is 132 Å². The first-order valence-electron chi connectivity index (χ1n) is 16.7. The fourth-order valence-corrected chi connectivity index (χ4v) is 5.86. The number of anilines is 2. The Balaban J connectivity index is 0.000000717. The van der Waals surface area contributed by atoms with Crippen molar-refractivity contribution in [1.82, 2.24) is 24.9 Å². The molecule has 3 aliphatic rings. The molecule has 4 aromatic rings. The van der Waals surface area contributed by atoms with E-state index in [4.69, 9.17) is 10.5 Å². The molecule has 0 saturated carbocycles. The Kier molecular flexibility index (Phi) is 13.1. The summed E-state index contributed by atoms with van der Waals surface area (Å²) in [6.45, 7) is 6.03. The number of ketones is 1. The van der Waals surface area contributed by atoms with Crippen molar-refractivity contribution >= 4 is 28.1 Å². The zero-order chi connectivity index (χ0) is 33.0. The minimum absolute atomic E-state index is 0. The van der Waals surface area contributed by atoms with Crippen LogP contribution in [0.25, 0.3) is 10.9 Å². The van der Waals surface area contributed by atoms with Gasteiger partial charge in [0.1, 0.15) is 5.75 Å². The van der Waals surface area contributed by atoms with E-state index in [9.17, 15) is 4.79 Å². The van der Waals surface area contributed by atoms with Gasteiger partial charge >= 0.3 is 17.1 Å². The van der Waals surface area contributed by atoms with E-state index in [1.165, 1.54) is 5.69 Å². The number of aromatic nitrogens is 4. The van der Waals surface area contributed by atoms with Crippen molar-refractivity contribution in [1.29, 1.82) is 0 Å². The van der Waals surface area contributed by atoms with Crippen LogP contribution in [0.3, 0.4) is 0 Å². The smallest absolute Gasteiger partial charge is 0.494 e. The summed E-state index contributed by atoms with van der Waals surface area (Å²) < 4.78 is 7.80. The van der Waals surface area contributed by atoms with Gasteiger partial charge in [0.25, 0.3) is 0 Å². The van der Waals surface area contributed by atoms with E-state index >= 15 is 0 Å². The van der Waals surface area contributed by atoms with Crippen molar-refractivity contribution in [2.24, 2.45) is 0 Å². The Morgan fingerprint density at radius 1 is 0.939 bits per heavy atom. The van der Waals surface area contributed by atoms with Crippen LogP contribution >= 0.6 is 0 Å². The molecule has 2 aromatic carbocycles. The molecule has 252 valence electrons. The summed E-state index contributed by atoms with van der Waals surface area (Å²) in [5.41, 5.74) is 11.6. The van der Waals surface area contributed by atoms with Crippen molar-refractivity contribution < 1.29 is 26.6 Å². The van der Waals surface area contributed by atoms with Crippen LogP contribution in [-0.2, 0) is 30.2 Å². The molecule has 2 aromatic heterocycles. The maximum absolute atomic E-state index is 12.4. The zero-order valence-corrected chi connectivity index (χ0v) is 28.8. The predicted octanol–water partition coefficient (Wildman–Crippen LogP) is 6.72. The number of allylic oxidation sites excluding steroid dienone is 10. The number of fused-ring (bicyclic) bond motifs is 1. The number of nitrogens with zero attached hydrogens (tertiary/aromatic N) is 6. The Labute approximate surface area is 299 Å². The maximum Gasteiger partial charge on any atom is 2.00 e. The molecule has 0 unspecified atom stereocenters. The van der Waals surface area contributed by atoms with Gasteiger partial charge < -0.3 is 15.4 Å². The molecule has 7 rings (SSSR count). The summed E-state index contributed by atoms with van der Waals surface area (Å²) in [6.07, 6.45) is 25.9. The first-order chi connectivity index (χ1) is 23.6. The quantitative estimate of drug-likeness (QED) is 0.0573. The Morgan fingerprint density at radius 2 is 1.76 bits per heavy atom. The summed E-state index contributed by atoms with van der Waals surface area (Å²) in [6, 6.07) is 15.4. The van der Waals surface area contributed by atoms with Gasteiger partial charge in [-0.05, 0) is 85.9 Å². The molecular weight excluding hydrogens is 654 g/mol. The molecule has 1 aliphatic heterocycles. The molecule has 49 heavy (non-hydrogen) atoms. The van der Waals surface area contributed by atoms with E-state index in [1.807, 2.05) is 59.4 Å². The van der Waals surface area contributed by atoms with Crippen LogP contribution in [0.5, 0.6) is 5.75 Å². The molecule has 2 N–H and O–H groups in total. The number of ether oxygens (including phenoxy) is 1. The van der Waals surface area contributed by atoms with Crippen molar-refractivity contribution in [3.63, 3.8) is 0 Å². The normalized spacial score (nSPS) is 15.3. The van der Waals surface area contributed by atoms with Crippen LogP contribution in [0.1, 0.15) is 41.7 Å². The Bertz CT molecular complexity index is 1820. The van der Waals surface area contributed by atoms with Crippen molar-refractivity contribution in [2.45, 2.75) is 38.8 Å². The van der Waals surface area contributed by atoms with Crippen LogP contribution in [0.2, 0.25) is 0 Å². The van der Waals surface area contributed by atoms with Gasteiger partial charge in [-0.25, -0.2) is 0 Å². The number of hydrogen-bond donors (Lipinski definition) is 1. The Hall–Kier alpha value is -4.76. The maximum atomic E-state index is 12.4. The number of hydrogen-bond acceptors (Lipinski definition) is 8. The topological polar surface area (TPSA) is 102 Å². The van der Waals surface area contributed by atoms with E-state index in [0.29, 0.717) is 12.2 Å². The van der Waals surface area contributed by atoms with Gasteiger partial charge in [0, 0.05) is 74.0 Å². The van der Waals surface area contributed by atoms with Crippen LogP contribution in [0, 0.1) is 0 Å². The summed E-state index contributed by atoms with van der Waals surface area (Å²) in [4.78, 5) is 21.7. The molecule has 2 aliphatic carbocycles. The summed E-state index contributed by atoms with van der Waals surface area (Å²) in [5.74, 6) is 0.763. The molecule has 10 heteroatoms. The van der Waals surface area contributed by atoms with E-state index in [-0.39, 0.29) is 22.9 Å². The fraction of sp³-hybridized carbons (Fsp3) is 0.282. The first-order valence-corrected chi connectivity index (χ1v) is 16.7. The molecule has 0 radical (unpaired) electrons. The van der Waals surface area contributed by atoms with Crippen molar-refractivity contribution in [2.75, 3.05) is 43.4 Å². The molecule has 0 bridgehead atoms. The van der Waals surface area contributed by atoms with Crippen LogP contribution in [0.4, 0.5) is 11.4 Å². The molecule has 3 heterocycles. The fourth-order valence-electron chi connectivity index (χ4n) is 5.86. The number of aryl methyl sites for hydroxylation is 1. The minimum Gasteiger partial charge on any atom is -0.494 e. The van der Waals surface area contributed by atoms with Crippen molar-refractivity contribution in [3.8, 4) is 5.75 Å². The summed E-state index contributed by atoms with van der Waals surface area (Å²) in [5, 5.41) is 9.88. The second kappa shape index (κ2) is 18.1. The minimum atomic E-state index is -0.00722. The Morgan fingerprint density at radius 3 is 2.49 bits per heavy atom. The second-order valence-corrected chi connectivity index (χ2v) is 12.1. The number of pyridine rings is 1. The average Bonchev–Trinajstić information content (AvgIpc) is 3.93. The van der Waals surface area contributed by atoms with Gasteiger partial charge in [0.2, 0.25) is 0 Å². The van der Waals surface area contributed by atoms with Gasteiger partial charge in [-0.3, -0.25) is 19.4 Å². The molecule has 0 amide bonds. The standard InChI is InChI=1S/C34H37N7O2.C5H6.Fe/c35-28-10-13-31-32(23-28)36-16-15-33(31)40-20-18-39(19-21-40)24-29-25-41(38-37-29)17-3-4-22-43-30-11-8-27(9-12-30)34(42)14-7-26-5-1-2-6-26;1-2-4-5-3-1;/h1,5-16,23,25H,2-4,17-22,24,35H2;1-4H,5H2;/q;;+2/b14-7+;;. The number of carbonyl (C=O) groups is 1. The zero-order valence-electron chi connectivity index (χ0n) is 27.7. The number of rotatable bonds is 12. The number of unbranched alkanes of at least 4 members (excludes halogenated alkanes) is 1. The summed E-state index contributed by atoms with van der Waals surface area (Å²) >= 11 is 0. The molecule has 0 atom stereocenters. The van der Waals surface area contributed by atoms with Gasteiger partial charge in [-0.1, -0.05) is 53.8 Å².